The van der Waals surface area contributed by atoms with E-state index in [9.17, 15) is 4.79 Å². The van der Waals surface area contributed by atoms with Crippen LogP contribution in [-0.2, 0) is 0 Å². The van der Waals surface area contributed by atoms with Gasteiger partial charge in [-0.05, 0) is 12.1 Å². The molecule has 0 radical (unpaired) electrons. The Hall–Kier alpha value is -2.32. The third-order valence-electron chi connectivity index (χ3n) is 2.67. The monoisotopic (exact) mass is 319 g/mol. The van der Waals surface area contributed by atoms with Crippen LogP contribution in [0.1, 0.15) is 10.4 Å². The molecule has 3 aromatic heterocycles. The number of hydrogen-bond acceptors (Lipinski definition) is 7. The molecule has 0 spiro atoms. The van der Waals surface area contributed by atoms with Crippen LogP contribution in [0.25, 0.3) is 21.3 Å². The predicted octanol–water partition coefficient (Wildman–Crippen LogP) is 3.04. The highest BCUT2D eigenvalue weighted by molar-refractivity contribution is 7.15. The molecule has 3 rings (SSSR count). The molecule has 0 aromatic carbocycles. The van der Waals surface area contributed by atoms with Crippen LogP contribution in [0.5, 0.6) is 5.88 Å². The van der Waals surface area contributed by atoms with Crippen LogP contribution in [0.4, 0.5) is 0 Å². The fraction of sp³-hybridized carbons (Fsp3) is 0.0769. The molecule has 0 saturated heterocycles. The van der Waals surface area contributed by atoms with Gasteiger partial charge in [0.1, 0.15) is 10.7 Å². The van der Waals surface area contributed by atoms with Crippen LogP contribution < -0.4 is 4.74 Å². The SMILES string of the molecule is COc1ccc(-c2nc(-c3cc(C(=O)O)cs3)cs2)nn1. The number of hydrogen-bond donors (Lipinski definition) is 1. The van der Waals surface area contributed by atoms with Crippen LogP contribution in [0.3, 0.4) is 0 Å². The maximum atomic E-state index is 10.9. The van der Waals surface area contributed by atoms with E-state index in [0.717, 1.165) is 15.6 Å². The number of aromatic nitrogens is 3. The average Bonchev–Trinajstić information content (AvgIpc) is 3.16. The summed E-state index contributed by atoms with van der Waals surface area (Å²) in [5.41, 5.74) is 1.67. The van der Waals surface area contributed by atoms with E-state index in [4.69, 9.17) is 9.84 Å². The molecule has 8 heteroatoms. The Balaban J connectivity index is 1.89. The molecule has 0 atom stereocenters. The molecule has 0 aliphatic heterocycles. The minimum absolute atomic E-state index is 0.272. The van der Waals surface area contributed by atoms with Crippen LogP contribution in [-0.4, -0.2) is 33.4 Å². The van der Waals surface area contributed by atoms with Crippen molar-refractivity contribution in [2.45, 2.75) is 0 Å². The summed E-state index contributed by atoms with van der Waals surface area (Å²) in [6.07, 6.45) is 0. The lowest BCUT2D eigenvalue weighted by atomic mass is 10.3. The van der Waals surface area contributed by atoms with Gasteiger partial charge in [-0.1, -0.05) is 0 Å². The number of thiophene rings is 1. The second kappa shape index (κ2) is 5.58. The highest BCUT2D eigenvalue weighted by Gasteiger charge is 2.12. The maximum absolute atomic E-state index is 10.9. The van der Waals surface area contributed by atoms with Crippen molar-refractivity contribution >= 4 is 28.6 Å². The molecule has 0 aliphatic rings. The topological polar surface area (TPSA) is 85.2 Å². The number of nitrogens with zero attached hydrogens (tertiary/aromatic N) is 3. The van der Waals surface area contributed by atoms with Crippen LogP contribution in [0.2, 0.25) is 0 Å². The summed E-state index contributed by atoms with van der Waals surface area (Å²) >= 11 is 2.79. The number of carboxylic acids is 1. The van der Waals surface area contributed by atoms with E-state index in [0.29, 0.717) is 11.6 Å². The van der Waals surface area contributed by atoms with Crippen molar-refractivity contribution < 1.29 is 14.6 Å². The van der Waals surface area contributed by atoms with Crippen molar-refractivity contribution in [3.8, 4) is 27.2 Å². The van der Waals surface area contributed by atoms with E-state index in [1.165, 1.54) is 29.8 Å². The molecule has 6 nitrogen and oxygen atoms in total. The Morgan fingerprint density at radius 1 is 1.19 bits per heavy atom. The van der Waals surface area contributed by atoms with E-state index in [1.54, 1.807) is 23.6 Å². The summed E-state index contributed by atoms with van der Waals surface area (Å²) in [6.45, 7) is 0. The largest absolute Gasteiger partial charge is 0.480 e. The van der Waals surface area contributed by atoms with Gasteiger partial charge in [0.05, 0.1) is 23.2 Å². The van der Waals surface area contributed by atoms with Gasteiger partial charge < -0.3 is 9.84 Å². The quantitative estimate of drug-likeness (QED) is 0.795. The van der Waals surface area contributed by atoms with Crippen molar-refractivity contribution in [1.82, 2.24) is 15.2 Å². The van der Waals surface area contributed by atoms with E-state index < -0.39 is 5.97 Å². The Morgan fingerprint density at radius 2 is 2.05 bits per heavy atom. The molecule has 0 fully saturated rings. The molecule has 0 aliphatic carbocycles. The summed E-state index contributed by atoms with van der Waals surface area (Å²) in [5, 5.41) is 21.1. The standard InChI is InChI=1S/C13H9N3O3S2/c1-19-11-3-2-8(15-16-11)12-14-9(6-21-12)10-4-7(5-20-10)13(17)18/h2-6H,1H3,(H,17,18). The molecular weight excluding hydrogens is 310 g/mol. The number of rotatable bonds is 4. The predicted molar refractivity (Wildman–Crippen MR) is 80.0 cm³/mol. The van der Waals surface area contributed by atoms with Crippen LogP contribution in [0.15, 0.2) is 29.0 Å². The van der Waals surface area contributed by atoms with E-state index in [2.05, 4.69) is 15.2 Å². The molecule has 1 N–H and O–H groups in total. The van der Waals surface area contributed by atoms with Crippen molar-refractivity contribution in [3.63, 3.8) is 0 Å². The minimum Gasteiger partial charge on any atom is -0.480 e. The molecule has 0 bridgehead atoms. The van der Waals surface area contributed by atoms with Gasteiger partial charge in [0.25, 0.3) is 0 Å². The lowest BCUT2D eigenvalue weighted by Gasteiger charge is -1.97. The Kier molecular flexibility index (Phi) is 3.63. The normalized spacial score (nSPS) is 10.5. The van der Waals surface area contributed by atoms with Crippen LogP contribution >= 0.6 is 22.7 Å². The number of carboxylic acid groups (broad SMARTS) is 1. The van der Waals surface area contributed by atoms with Gasteiger partial charge in [0.2, 0.25) is 5.88 Å². The second-order valence-corrected chi connectivity index (χ2v) is 5.77. The third kappa shape index (κ3) is 2.76. The maximum Gasteiger partial charge on any atom is 0.336 e. The molecule has 0 unspecified atom stereocenters. The molecule has 0 saturated carbocycles. The number of thiazole rings is 1. The highest BCUT2D eigenvalue weighted by Crippen LogP contribution is 2.31. The van der Waals surface area contributed by atoms with E-state index in [-0.39, 0.29) is 5.56 Å². The first kappa shape index (κ1) is 13.7. The highest BCUT2D eigenvalue weighted by atomic mass is 32.1. The lowest BCUT2D eigenvalue weighted by molar-refractivity contribution is 0.0697. The summed E-state index contributed by atoms with van der Waals surface area (Å²) in [7, 11) is 1.53. The van der Waals surface area contributed by atoms with Gasteiger partial charge in [0, 0.05) is 16.8 Å². The lowest BCUT2D eigenvalue weighted by Crippen LogP contribution is -1.92. The van der Waals surface area contributed by atoms with Gasteiger partial charge in [-0.25, -0.2) is 9.78 Å². The molecule has 3 heterocycles. The van der Waals surface area contributed by atoms with E-state index in [1.807, 2.05) is 5.38 Å². The van der Waals surface area contributed by atoms with Crippen molar-refractivity contribution in [3.05, 3.63) is 34.5 Å². The first-order chi connectivity index (χ1) is 10.2. The molecule has 106 valence electrons. The smallest absolute Gasteiger partial charge is 0.336 e. The van der Waals surface area contributed by atoms with Crippen LogP contribution in [0, 0.1) is 0 Å². The summed E-state index contributed by atoms with van der Waals surface area (Å²) in [6, 6.07) is 5.12. The number of aromatic carboxylic acids is 1. The number of methoxy groups -OCH3 is 1. The average molecular weight is 319 g/mol. The fourth-order valence-corrected chi connectivity index (χ4v) is 3.33. The zero-order valence-electron chi connectivity index (χ0n) is 10.8. The fourth-order valence-electron chi connectivity index (χ4n) is 1.63. The molecule has 3 aromatic rings. The molecular formula is C13H9N3O3S2. The molecule has 0 amide bonds. The third-order valence-corrected chi connectivity index (χ3v) is 4.49. The van der Waals surface area contributed by atoms with E-state index >= 15 is 0 Å². The van der Waals surface area contributed by atoms with Gasteiger partial charge in [-0.15, -0.1) is 32.9 Å². The Labute approximate surface area is 127 Å². The number of carbonyl (C=O) groups is 1. The Morgan fingerprint density at radius 3 is 2.67 bits per heavy atom. The number of ether oxygens (including phenoxy) is 1. The zero-order valence-corrected chi connectivity index (χ0v) is 12.4. The van der Waals surface area contributed by atoms with Gasteiger partial charge in [-0.2, -0.15) is 0 Å². The second-order valence-electron chi connectivity index (χ2n) is 4.00. The van der Waals surface area contributed by atoms with Crippen molar-refractivity contribution in [2.75, 3.05) is 7.11 Å². The zero-order chi connectivity index (χ0) is 14.8. The summed E-state index contributed by atoms with van der Waals surface area (Å²) < 4.78 is 4.96. The first-order valence-corrected chi connectivity index (χ1v) is 7.59. The first-order valence-electron chi connectivity index (χ1n) is 5.83. The minimum atomic E-state index is -0.936. The van der Waals surface area contributed by atoms with Gasteiger partial charge in [0.15, 0.2) is 0 Å². The van der Waals surface area contributed by atoms with Gasteiger partial charge in [-0.3, -0.25) is 0 Å². The van der Waals surface area contributed by atoms with Gasteiger partial charge >= 0.3 is 5.97 Å². The van der Waals surface area contributed by atoms with Crippen molar-refractivity contribution in [1.29, 1.82) is 0 Å². The summed E-state index contributed by atoms with van der Waals surface area (Å²) in [4.78, 5) is 16.2. The summed E-state index contributed by atoms with van der Waals surface area (Å²) in [5.74, 6) is -0.492. The molecule has 21 heavy (non-hydrogen) atoms. The van der Waals surface area contributed by atoms with Crippen molar-refractivity contribution in [2.24, 2.45) is 0 Å². The Bertz CT molecular complexity index is 780.